The number of hydrogen-bond donors (Lipinski definition) is 2. The largest absolute Gasteiger partial charge is 0.348 e. The number of carbonyl (C=O) groups excluding carboxylic acids is 1. The summed E-state index contributed by atoms with van der Waals surface area (Å²) >= 11 is 1.68. The molecule has 2 heterocycles. The summed E-state index contributed by atoms with van der Waals surface area (Å²) in [5.74, 6) is 0.121. The van der Waals surface area contributed by atoms with Gasteiger partial charge in [0.1, 0.15) is 5.01 Å². The Morgan fingerprint density at radius 1 is 1.50 bits per heavy atom. The van der Waals surface area contributed by atoms with Crippen LogP contribution in [0.5, 0.6) is 0 Å². The minimum Gasteiger partial charge on any atom is -0.348 e. The Hall–Kier alpha value is -0.360. The van der Waals surface area contributed by atoms with E-state index in [-0.39, 0.29) is 36.3 Å². The predicted octanol–water partition coefficient (Wildman–Crippen LogP) is 2.70. The number of rotatable bonds is 5. The Morgan fingerprint density at radius 2 is 2.25 bits per heavy atom. The SMILES string of the molecule is CCc1cnc(CNC(=O)C2(CC)CCCN2)s1.Cl.Cl. The van der Waals surface area contributed by atoms with Crippen LogP contribution < -0.4 is 10.6 Å². The fraction of sp³-hybridized carbons (Fsp3) is 0.692. The number of thiazole rings is 1. The number of nitrogens with zero attached hydrogens (tertiary/aromatic N) is 1. The Morgan fingerprint density at radius 3 is 2.75 bits per heavy atom. The average Bonchev–Trinajstić information content (AvgIpc) is 3.05. The second-order valence-corrected chi connectivity index (χ2v) is 5.92. The predicted molar refractivity (Wildman–Crippen MR) is 88.1 cm³/mol. The molecule has 1 aliphatic heterocycles. The lowest BCUT2D eigenvalue weighted by molar-refractivity contribution is -0.127. The molecule has 2 rings (SSSR count). The van der Waals surface area contributed by atoms with Gasteiger partial charge in [-0.3, -0.25) is 4.79 Å². The van der Waals surface area contributed by atoms with Crippen LogP contribution in [-0.2, 0) is 17.8 Å². The molecule has 0 aromatic carbocycles. The van der Waals surface area contributed by atoms with Crippen LogP contribution >= 0.6 is 36.2 Å². The van der Waals surface area contributed by atoms with E-state index in [9.17, 15) is 4.79 Å². The number of nitrogens with one attached hydrogen (secondary N) is 2. The van der Waals surface area contributed by atoms with E-state index in [4.69, 9.17) is 0 Å². The van der Waals surface area contributed by atoms with Gasteiger partial charge in [0.05, 0.1) is 12.1 Å². The van der Waals surface area contributed by atoms with Crippen LogP contribution in [0.25, 0.3) is 0 Å². The summed E-state index contributed by atoms with van der Waals surface area (Å²) in [5.41, 5.74) is -0.342. The molecule has 1 saturated heterocycles. The van der Waals surface area contributed by atoms with E-state index in [2.05, 4.69) is 29.5 Å². The molecule has 1 aliphatic rings. The van der Waals surface area contributed by atoms with Crippen molar-refractivity contribution in [1.82, 2.24) is 15.6 Å². The van der Waals surface area contributed by atoms with E-state index >= 15 is 0 Å². The molecule has 4 nitrogen and oxygen atoms in total. The van der Waals surface area contributed by atoms with Crippen molar-refractivity contribution in [1.29, 1.82) is 0 Å². The number of amides is 1. The molecule has 116 valence electrons. The summed E-state index contributed by atoms with van der Waals surface area (Å²) in [7, 11) is 0. The highest BCUT2D eigenvalue weighted by Crippen LogP contribution is 2.23. The maximum Gasteiger partial charge on any atom is 0.240 e. The van der Waals surface area contributed by atoms with E-state index in [1.165, 1.54) is 4.88 Å². The average molecular weight is 340 g/mol. The van der Waals surface area contributed by atoms with Crippen molar-refractivity contribution in [2.75, 3.05) is 6.54 Å². The quantitative estimate of drug-likeness (QED) is 0.867. The van der Waals surface area contributed by atoms with Crippen molar-refractivity contribution in [3.63, 3.8) is 0 Å². The molecule has 0 saturated carbocycles. The van der Waals surface area contributed by atoms with Gasteiger partial charge in [-0.2, -0.15) is 0 Å². The molecule has 7 heteroatoms. The summed E-state index contributed by atoms with van der Waals surface area (Å²) < 4.78 is 0. The molecule has 1 amide bonds. The Labute approximate surface area is 137 Å². The maximum absolute atomic E-state index is 12.3. The third-order valence-corrected chi connectivity index (χ3v) is 4.77. The van der Waals surface area contributed by atoms with Crippen LogP contribution in [-0.4, -0.2) is 23.0 Å². The summed E-state index contributed by atoms with van der Waals surface area (Å²) in [5, 5.41) is 7.35. The highest BCUT2D eigenvalue weighted by molar-refractivity contribution is 7.11. The van der Waals surface area contributed by atoms with E-state index in [1.54, 1.807) is 11.3 Å². The first kappa shape index (κ1) is 19.6. The van der Waals surface area contributed by atoms with Crippen molar-refractivity contribution in [2.45, 2.75) is 51.6 Å². The maximum atomic E-state index is 12.3. The summed E-state index contributed by atoms with van der Waals surface area (Å²) in [6.45, 7) is 5.67. The van der Waals surface area contributed by atoms with Gasteiger partial charge in [-0.25, -0.2) is 4.98 Å². The van der Waals surface area contributed by atoms with Gasteiger partial charge in [-0.05, 0) is 32.2 Å². The van der Waals surface area contributed by atoms with Gasteiger partial charge in [0.15, 0.2) is 0 Å². The summed E-state index contributed by atoms with van der Waals surface area (Å²) in [6.07, 6.45) is 5.77. The molecule has 1 fully saturated rings. The van der Waals surface area contributed by atoms with E-state index in [0.29, 0.717) is 6.54 Å². The number of aryl methyl sites for hydroxylation is 1. The standard InChI is InChI=1S/C13H21N3OS.2ClH/c1-3-10-8-14-11(18-10)9-15-12(17)13(4-2)6-5-7-16-13;;/h8,16H,3-7,9H2,1-2H3,(H,15,17);2*1H. The zero-order valence-corrected chi connectivity index (χ0v) is 14.3. The molecule has 0 bridgehead atoms. The molecule has 0 spiro atoms. The van der Waals surface area contributed by atoms with E-state index in [0.717, 1.165) is 37.2 Å². The van der Waals surface area contributed by atoms with Crippen molar-refractivity contribution in [2.24, 2.45) is 0 Å². The van der Waals surface area contributed by atoms with Gasteiger partial charge in [-0.1, -0.05) is 13.8 Å². The van der Waals surface area contributed by atoms with Crippen molar-refractivity contribution in [3.8, 4) is 0 Å². The molecule has 20 heavy (non-hydrogen) atoms. The molecule has 0 radical (unpaired) electrons. The molecular weight excluding hydrogens is 317 g/mol. The lowest BCUT2D eigenvalue weighted by Gasteiger charge is -2.26. The van der Waals surface area contributed by atoms with Crippen molar-refractivity contribution in [3.05, 3.63) is 16.1 Å². The van der Waals surface area contributed by atoms with E-state index in [1.807, 2.05) is 6.20 Å². The lowest BCUT2D eigenvalue weighted by atomic mass is 9.93. The lowest BCUT2D eigenvalue weighted by Crippen LogP contribution is -2.52. The van der Waals surface area contributed by atoms with Crippen LogP contribution in [0.3, 0.4) is 0 Å². The van der Waals surface area contributed by atoms with Crippen molar-refractivity contribution >= 4 is 42.1 Å². The fourth-order valence-electron chi connectivity index (χ4n) is 2.38. The number of halogens is 2. The minimum absolute atomic E-state index is 0. The van der Waals surface area contributed by atoms with Gasteiger partial charge in [0.2, 0.25) is 5.91 Å². The number of hydrogen-bond acceptors (Lipinski definition) is 4. The van der Waals surface area contributed by atoms with Crippen molar-refractivity contribution < 1.29 is 4.79 Å². The summed E-state index contributed by atoms with van der Waals surface area (Å²) in [4.78, 5) is 17.8. The Kier molecular flexibility index (Phi) is 8.66. The first-order valence-corrected chi connectivity index (χ1v) is 7.48. The third-order valence-electron chi connectivity index (χ3n) is 3.63. The monoisotopic (exact) mass is 339 g/mol. The molecule has 1 aromatic heterocycles. The van der Waals surface area contributed by atoms with Crippen LogP contribution in [0.2, 0.25) is 0 Å². The van der Waals surface area contributed by atoms with Gasteiger partial charge < -0.3 is 10.6 Å². The van der Waals surface area contributed by atoms with Crippen LogP contribution in [0.1, 0.15) is 43.0 Å². The highest BCUT2D eigenvalue weighted by Gasteiger charge is 2.38. The zero-order valence-electron chi connectivity index (χ0n) is 11.9. The minimum atomic E-state index is -0.342. The molecule has 0 aliphatic carbocycles. The molecular formula is C13H23Cl2N3OS. The van der Waals surface area contributed by atoms with E-state index < -0.39 is 0 Å². The second kappa shape index (κ2) is 8.82. The first-order chi connectivity index (χ1) is 8.70. The molecule has 1 unspecified atom stereocenters. The van der Waals surface area contributed by atoms with Gasteiger partial charge in [0.25, 0.3) is 0 Å². The Bertz CT molecular complexity index is 420. The first-order valence-electron chi connectivity index (χ1n) is 6.67. The zero-order chi connectivity index (χ0) is 13.0. The highest BCUT2D eigenvalue weighted by atomic mass is 35.5. The molecule has 1 aromatic rings. The van der Waals surface area contributed by atoms with Gasteiger partial charge in [0, 0.05) is 11.1 Å². The Balaban J connectivity index is 0.00000180. The topological polar surface area (TPSA) is 54.0 Å². The second-order valence-electron chi connectivity index (χ2n) is 4.72. The van der Waals surface area contributed by atoms with Gasteiger partial charge in [-0.15, -0.1) is 36.2 Å². The summed E-state index contributed by atoms with van der Waals surface area (Å²) in [6, 6.07) is 0. The van der Waals surface area contributed by atoms with Gasteiger partial charge >= 0.3 is 0 Å². The van der Waals surface area contributed by atoms with Crippen LogP contribution in [0.4, 0.5) is 0 Å². The smallest absolute Gasteiger partial charge is 0.240 e. The van der Waals surface area contributed by atoms with Crippen LogP contribution in [0, 0.1) is 0 Å². The fourth-order valence-corrected chi connectivity index (χ4v) is 3.18. The number of carbonyl (C=O) groups is 1. The number of aromatic nitrogens is 1. The van der Waals surface area contributed by atoms with Crippen LogP contribution in [0.15, 0.2) is 6.20 Å². The normalized spacial score (nSPS) is 20.9. The third kappa shape index (κ3) is 4.32. The molecule has 2 N–H and O–H groups in total. The molecule has 1 atom stereocenters.